The van der Waals surface area contributed by atoms with Gasteiger partial charge in [-0.05, 0) is 25.3 Å². The third-order valence-corrected chi connectivity index (χ3v) is 11.6. The third-order valence-electron chi connectivity index (χ3n) is 10.6. The molecule has 0 radical (unpaired) electrons. The fourth-order valence-electron chi connectivity index (χ4n) is 6.92. The lowest BCUT2D eigenvalue weighted by molar-refractivity contribution is -0.153. The average molecular weight is 832 g/mol. The minimum absolute atomic E-state index is 0.0606. The molecule has 11 heteroatoms. The van der Waals surface area contributed by atoms with Crippen LogP contribution < -0.4 is 5.73 Å². The highest BCUT2D eigenvalue weighted by Gasteiger charge is 2.27. The van der Waals surface area contributed by atoms with Crippen molar-refractivity contribution in [3.63, 3.8) is 0 Å². The summed E-state index contributed by atoms with van der Waals surface area (Å²) in [5.74, 6) is -1.79. The number of ether oxygens (including phenoxy) is 2. The largest absolute Gasteiger partial charge is 0.498 e. The Morgan fingerprint density at radius 3 is 1.28 bits per heavy atom. The van der Waals surface area contributed by atoms with Crippen LogP contribution in [0.5, 0.6) is 0 Å². The van der Waals surface area contributed by atoms with E-state index in [-0.39, 0.29) is 13.0 Å². The number of esters is 1. The van der Waals surface area contributed by atoms with Crippen molar-refractivity contribution in [2.45, 2.75) is 251 Å². The lowest BCUT2D eigenvalue weighted by Gasteiger charge is -2.20. The number of hydrogen-bond acceptors (Lipinski definition) is 8. The molecule has 0 aliphatic rings. The topological polar surface area (TPSA) is 155 Å². The fourth-order valence-corrected chi connectivity index (χ4v) is 7.70. The molecule has 0 aromatic carbocycles. The van der Waals surface area contributed by atoms with Gasteiger partial charge in [-0.3, -0.25) is 18.6 Å². The first-order valence-corrected chi connectivity index (χ1v) is 25.3. The predicted octanol–water partition coefficient (Wildman–Crippen LogP) is 13.7. The van der Waals surface area contributed by atoms with E-state index in [0.29, 0.717) is 6.42 Å². The third kappa shape index (κ3) is 42.5. The highest BCUT2D eigenvalue weighted by Crippen LogP contribution is 2.43. The normalized spacial score (nSPS) is 13.8. The first kappa shape index (κ1) is 55.5. The molecule has 0 amide bonds. The number of aliphatic carboxylic acids is 1. The van der Waals surface area contributed by atoms with Crippen molar-refractivity contribution in [2.75, 3.05) is 19.8 Å². The number of carboxylic acid groups (broad SMARTS) is 1. The lowest BCUT2D eigenvalue weighted by Crippen LogP contribution is -2.34. The number of phosphoric ester groups is 1. The van der Waals surface area contributed by atoms with Gasteiger partial charge in [0.1, 0.15) is 12.6 Å². The molecule has 0 aliphatic carbocycles. The Balaban J connectivity index is 4.19. The smallest absolute Gasteiger partial charge is 0.472 e. The second-order valence-corrected chi connectivity index (χ2v) is 17.8. The molecule has 0 spiro atoms. The van der Waals surface area contributed by atoms with E-state index in [1.54, 1.807) is 6.26 Å². The van der Waals surface area contributed by atoms with Gasteiger partial charge < -0.3 is 25.2 Å². The summed E-state index contributed by atoms with van der Waals surface area (Å²) in [7, 11) is -4.63. The maximum atomic E-state index is 12.6. The summed E-state index contributed by atoms with van der Waals surface area (Å²) in [5, 5.41) is 8.90. The molecule has 3 atom stereocenters. The van der Waals surface area contributed by atoms with E-state index in [0.717, 1.165) is 25.7 Å². The minimum Gasteiger partial charge on any atom is -0.498 e. The van der Waals surface area contributed by atoms with E-state index in [1.165, 1.54) is 186 Å². The van der Waals surface area contributed by atoms with E-state index in [2.05, 4.69) is 13.8 Å². The van der Waals surface area contributed by atoms with Gasteiger partial charge in [0.25, 0.3) is 0 Å². The summed E-state index contributed by atoms with van der Waals surface area (Å²) in [5.41, 5.74) is 5.36. The number of allylic oxidation sites excluding steroid dienone is 1. The monoisotopic (exact) mass is 832 g/mol. The molecule has 0 aliphatic heterocycles. The van der Waals surface area contributed by atoms with Gasteiger partial charge in [0.2, 0.25) is 0 Å². The molecule has 338 valence electrons. The SMILES string of the molecule is CCCCCCCCCCCCCCCCCC/C=C\OC[C@H](COP(=O)(O)OC[C@H](N)C(=O)O)OC(=O)CCCCCCCCCCCCCCCCCCC. The summed E-state index contributed by atoms with van der Waals surface area (Å²) in [6, 6.07) is -1.48. The van der Waals surface area contributed by atoms with E-state index >= 15 is 0 Å². The zero-order valence-corrected chi connectivity index (χ0v) is 37.9. The average Bonchev–Trinajstić information content (AvgIpc) is 3.19. The van der Waals surface area contributed by atoms with Gasteiger partial charge in [0.15, 0.2) is 6.10 Å². The Hall–Kier alpha value is -1.45. The zero-order valence-electron chi connectivity index (χ0n) is 37.0. The Morgan fingerprint density at radius 2 is 0.895 bits per heavy atom. The van der Waals surface area contributed by atoms with Gasteiger partial charge in [-0.25, -0.2) is 4.57 Å². The fraction of sp³-hybridized carbons (Fsp3) is 0.913. The summed E-state index contributed by atoms with van der Waals surface area (Å²) in [4.78, 5) is 33.6. The molecule has 10 nitrogen and oxygen atoms in total. The molecule has 0 bridgehead atoms. The molecule has 0 rings (SSSR count). The van der Waals surface area contributed by atoms with Gasteiger partial charge >= 0.3 is 19.8 Å². The molecule has 0 saturated carbocycles. The molecular formula is C46H90NO9P. The van der Waals surface area contributed by atoms with Crippen LogP contribution in [0.3, 0.4) is 0 Å². The first-order valence-electron chi connectivity index (χ1n) is 23.8. The highest BCUT2D eigenvalue weighted by atomic mass is 31.2. The van der Waals surface area contributed by atoms with E-state index < -0.39 is 45.1 Å². The molecule has 57 heavy (non-hydrogen) atoms. The Bertz CT molecular complexity index is 966. The van der Waals surface area contributed by atoms with Gasteiger partial charge in [0, 0.05) is 6.42 Å². The first-order chi connectivity index (χ1) is 27.7. The van der Waals surface area contributed by atoms with Crippen LogP contribution in [0.15, 0.2) is 12.3 Å². The number of phosphoric acid groups is 1. The lowest BCUT2D eigenvalue weighted by atomic mass is 10.0. The molecule has 4 N–H and O–H groups in total. The maximum Gasteiger partial charge on any atom is 0.472 e. The van der Waals surface area contributed by atoms with Crippen molar-refractivity contribution in [3.8, 4) is 0 Å². The van der Waals surface area contributed by atoms with Crippen molar-refractivity contribution in [1.82, 2.24) is 0 Å². The number of nitrogens with two attached hydrogens (primary N) is 1. The zero-order chi connectivity index (χ0) is 41.9. The molecule has 0 heterocycles. The second-order valence-electron chi connectivity index (χ2n) is 16.3. The summed E-state index contributed by atoms with van der Waals surface area (Å²) < 4.78 is 33.2. The molecule has 0 saturated heterocycles. The number of carbonyl (C=O) groups excluding carboxylic acids is 1. The summed E-state index contributed by atoms with van der Waals surface area (Å²) in [6.45, 7) is 3.32. The van der Waals surface area contributed by atoms with Crippen molar-refractivity contribution in [3.05, 3.63) is 12.3 Å². The Labute approximate surface area is 350 Å². The maximum absolute atomic E-state index is 12.6. The Kier molecular flexibility index (Phi) is 41.6. The summed E-state index contributed by atoms with van der Waals surface area (Å²) in [6.07, 6.45) is 46.4. The van der Waals surface area contributed by atoms with E-state index in [1.807, 2.05) is 6.08 Å². The van der Waals surface area contributed by atoms with Crippen LogP contribution in [0.2, 0.25) is 0 Å². The molecule has 0 aromatic heterocycles. The minimum atomic E-state index is -4.63. The van der Waals surface area contributed by atoms with Crippen LogP contribution in [0.1, 0.15) is 239 Å². The highest BCUT2D eigenvalue weighted by molar-refractivity contribution is 7.47. The van der Waals surface area contributed by atoms with Gasteiger partial charge in [-0.1, -0.05) is 213 Å². The van der Waals surface area contributed by atoms with Crippen LogP contribution >= 0.6 is 7.82 Å². The Morgan fingerprint density at radius 1 is 0.544 bits per heavy atom. The van der Waals surface area contributed by atoms with Crippen LogP contribution in [0.25, 0.3) is 0 Å². The number of rotatable bonds is 46. The molecular weight excluding hydrogens is 741 g/mol. The van der Waals surface area contributed by atoms with Gasteiger partial charge in [-0.2, -0.15) is 0 Å². The predicted molar refractivity (Wildman–Crippen MR) is 235 cm³/mol. The van der Waals surface area contributed by atoms with Crippen molar-refractivity contribution in [2.24, 2.45) is 5.73 Å². The summed E-state index contributed by atoms with van der Waals surface area (Å²) >= 11 is 0. The van der Waals surface area contributed by atoms with Crippen LogP contribution in [-0.4, -0.2) is 53.9 Å². The standard InChI is InChI=1S/C46H90NO9P/c1-3-5-7-9-11-13-15-17-19-21-23-25-27-29-31-33-35-37-39-53-40-43(41-54-57(51,52)55-42-44(47)46(49)50)56-45(48)38-36-34-32-30-28-26-24-22-20-18-16-14-12-10-8-6-4-2/h37,39,43-44H,3-36,38,40-42,47H2,1-2H3,(H,49,50)(H,51,52)/b39-37-/t43-,44+/m1/s1. The number of hydrogen-bond donors (Lipinski definition) is 3. The molecule has 0 aromatic rings. The van der Waals surface area contributed by atoms with Crippen LogP contribution in [-0.2, 0) is 32.7 Å². The molecule has 1 unspecified atom stereocenters. The van der Waals surface area contributed by atoms with Crippen molar-refractivity contribution in [1.29, 1.82) is 0 Å². The van der Waals surface area contributed by atoms with Gasteiger partial charge in [0.05, 0.1) is 19.5 Å². The quantitative estimate of drug-likeness (QED) is 0.0234. The van der Waals surface area contributed by atoms with Crippen molar-refractivity contribution >= 4 is 19.8 Å². The van der Waals surface area contributed by atoms with Gasteiger partial charge in [-0.15, -0.1) is 0 Å². The van der Waals surface area contributed by atoms with Crippen LogP contribution in [0, 0.1) is 0 Å². The van der Waals surface area contributed by atoms with Crippen LogP contribution in [0.4, 0.5) is 0 Å². The van der Waals surface area contributed by atoms with Crippen molar-refractivity contribution < 1.29 is 42.7 Å². The van der Waals surface area contributed by atoms with E-state index in [9.17, 15) is 19.0 Å². The second kappa shape index (κ2) is 42.7. The molecule has 0 fully saturated rings. The number of unbranched alkanes of at least 4 members (excludes halogenated alkanes) is 32. The van der Waals surface area contributed by atoms with E-state index in [4.69, 9.17) is 29.4 Å². The number of carbonyl (C=O) groups is 2. The number of carboxylic acids is 1.